The molecule has 0 amide bonds. The smallest absolute Gasteiger partial charge is 0.134 e. The summed E-state index contributed by atoms with van der Waals surface area (Å²) in [4.78, 5) is 15.2. The van der Waals surface area contributed by atoms with E-state index < -0.39 is 0 Å². The van der Waals surface area contributed by atoms with E-state index in [-0.39, 0.29) is 5.78 Å². The Morgan fingerprint density at radius 3 is 2.53 bits per heavy atom. The Morgan fingerprint density at radius 2 is 1.95 bits per heavy atom. The number of benzene rings is 1. The first kappa shape index (κ1) is 13.7. The molecule has 4 heteroatoms. The monoisotopic (exact) mass is 319 g/mol. The molecule has 0 saturated carbocycles. The highest BCUT2D eigenvalue weighted by molar-refractivity contribution is 9.10. The topological polar surface area (TPSA) is 39.2 Å². The third-order valence-electron chi connectivity index (χ3n) is 2.55. The SMILES string of the molecule is CC(=O)Cc1ccc(OCc2ccc(Br)cn2)cc1. The molecule has 0 bridgehead atoms. The van der Waals surface area contributed by atoms with Gasteiger partial charge in [0.15, 0.2) is 0 Å². The summed E-state index contributed by atoms with van der Waals surface area (Å²) < 4.78 is 6.58. The highest BCUT2D eigenvalue weighted by Gasteiger charge is 2.00. The van der Waals surface area contributed by atoms with Gasteiger partial charge in [-0.25, -0.2) is 0 Å². The minimum atomic E-state index is 0.160. The van der Waals surface area contributed by atoms with E-state index >= 15 is 0 Å². The van der Waals surface area contributed by atoms with Crippen LogP contribution < -0.4 is 4.74 Å². The Bertz CT molecular complexity index is 549. The molecule has 0 fully saturated rings. The van der Waals surface area contributed by atoms with Gasteiger partial charge in [-0.05, 0) is 52.7 Å². The molecular weight excluding hydrogens is 306 g/mol. The lowest BCUT2D eigenvalue weighted by atomic mass is 10.1. The van der Waals surface area contributed by atoms with Crippen LogP contribution >= 0.6 is 15.9 Å². The Labute approximate surface area is 120 Å². The second-order valence-electron chi connectivity index (χ2n) is 4.28. The van der Waals surface area contributed by atoms with Gasteiger partial charge in [0.1, 0.15) is 18.1 Å². The fraction of sp³-hybridized carbons (Fsp3) is 0.200. The van der Waals surface area contributed by atoms with Crippen LogP contribution in [0.25, 0.3) is 0 Å². The third-order valence-corrected chi connectivity index (χ3v) is 3.02. The van der Waals surface area contributed by atoms with Crippen LogP contribution in [0.3, 0.4) is 0 Å². The number of carbonyl (C=O) groups excluding carboxylic acids is 1. The lowest BCUT2D eigenvalue weighted by Gasteiger charge is -2.06. The Kier molecular flexibility index (Phi) is 4.68. The number of nitrogens with zero attached hydrogens (tertiary/aromatic N) is 1. The molecule has 19 heavy (non-hydrogen) atoms. The molecule has 3 nitrogen and oxygen atoms in total. The van der Waals surface area contributed by atoms with Crippen LogP contribution in [0.5, 0.6) is 5.75 Å². The van der Waals surface area contributed by atoms with Crippen LogP contribution in [0, 0.1) is 0 Å². The number of pyridine rings is 1. The molecule has 2 aromatic rings. The van der Waals surface area contributed by atoms with Crippen molar-refractivity contribution in [3.8, 4) is 5.75 Å². The van der Waals surface area contributed by atoms with Crippen molar-refractivity contribution in [1.82, 2.24) is 4.98 Å². The zero-order chi connectivity index (χ0) is 13.7. The number of rotatable bonds is 5. The Hall–Kier alpha value is -1.68. The van der Waals surface area contributed by atoms with Crippen molar-refractivity contribution < 1.29 is 9.53 Å². The average Bonchev–Trinajstić information content (AvgIpc) is 2.39. The van der Waals surface area contributed by atoms with Crippen LogP contribution in [-0.2, 0) is 17.8 Å². The molecule has 0 unspecified atom stereocenters. The average molecular weight is 320 g/mol. The molecular formula is C15H14BrNO2. The van der Waals surface area contributed by atoms with Crippen LogP contribution in [0.1, 0.15) is 18.2 Å². The first-order valence-electron chi connectivity index (χ1n) is 5.95. The van der Waals surface area contributed by atoms with E-state index in [1.807, 2.05) is 36.4 Å². The summed E-state index contributed by atoms with van der Waals surface area (Å²) in [5.74, 6) is 0.935. The second kappa shape index (κ2) is 6.48. The predicted octanol–water partition coefficient (Wildman–Crippen LogP) is 3.55. The molecule has 0 atom stereocenters. The highest BCUT2D eigenvalue weighted by Crippen LogP contribution is 2.15. The first-order chi connectivity index (χ1) is 9.13. The fourth-order valence-electron chi connectivity index (χ4n) is 1.64. The standard InChI is InChI=1S/C15H14BrNO2/c1-11(18)8-12-2-6-15(7-3-12)19-10-14-5-4-13(16)9-17-14/h2-7,9H,8,10H2,1H3. The Balaban J connectivity index is 1.92. The van der Waals surface area contributed by atoms with Crippen molar-refractivity contribution in [2.45, 2.75) is 20.0 Å². The first-order valence-corrected chi connectivity index (χ1v) is 6.74. The van der Waals surface area contributed by atoms with E-state index in [1.54, 1.807) is 13.1 Å². The van der Waals surface area contributed by atoms with Gasteiger partial charge in [-0.3, -0.25) is 9.78 Å². The minimum Gasteiger partial charge on any atom is -0.487 e. The van der Waals surface area contributed by atoms with Gasteiger partial charge in [-0.15, -0.1) is 0 Å². The predicted molar refractivity (Wildman–Crippen MR) is 77.1 cm³/mol. The molecule has 1 heterocycles. The highest BCUT2D eigenvalue weighted by atomic mass is 79.9. The van der Waals surface area contributed by atoms with Gasteiger partial charge >= 0.3 is 0 Å². The van der Waals surface area contributed by atoms with E-state index in [2.05, 4.69) is 20.9 Å². The number of Topliss-reactive ketones (excluding diaryl/α,β-unsaturated/α-hetero) is 1. The van der Waals surface area contributed by atoms with E-state index in [4.69, 9.17) is 4.74 Å². The van der Waals surface area contributed by atoms with Gasteiger partial charge in [0.25, 0.3) is 0 Å². The maximum Gasteiger partial charge on any atom is 0.134 e. The molecule has 2 rings (SSSR count). The number of aromatic nitrogens is 1. The van der Waals surface area contributed by atoms with Crippen molar-refractivity contribution in [3.63, 3.8) is 0 Å². The van der Waals surface area contributed by atoms with Gasteiger partial charge < -0.3 is 4.74 Å². The summed E-state index contributed by atoms with van der Waals surface area (Å²) in [6.45, 7) is 2.02. The number of hydrogen-bond donors (Lipinski definition) is 0. The number of carbonyl (C=O) groups is 1. The summed E-state index contributed by atoms with van der Waals surface area (Å²) in [6.07, 6.45) is 2.21. The van der Waals surface area contributed by atoms with Crippen molar-refractivity contribution in [3.05, 3.63) is 58.3 Å². The van der Waals surface area contributed by atoms with E-state index in [1.165, 1.54) is 0 Å². The third kappa shape index (κ3) is 4.48. The minimum absolute atomic E-state index is 0.160. The van der Waals surface area contributed by atoms with Gasteiger partial charge in [0.2, 0.25) is 0 Å². The molecule has 0 N–H and O–H groups in total. The number of ketones is 1. The summed E-state index contributed by atoms with van der Waals surface area (Å²) in [5, 5.41) is 0. The zero-order valence-electron chi connectivity index (χ0n) is 10.6. The second-order valence-corrected chi connectivity index (χ2v) is 5.19. The summed E-state index contributed by atoms with van der Waals surface area (Å²) >= 11 is 3.34. The van der Waals surface area contributed by atoms with Crippen LogP contribution in [-0.4, -0.2) is 10.8 Å². The van der Waals surface area contributed by atoms with Gasteiger partial charge in [-0.2, -0.15) is 0 Å². The van der Waals surface area contributed by atoms with Crippen molar-refractivity contribution in [1.29, 1.82) is 0 Å². The molecule has 0 spiro atoms. The van der Waals surface area contributed by atoms with Gasteiger partial charge in [0.05, 0.1) is 5.69 Å². The van der Waals surface area contributed by atoms with Crippen LogP contribution in [0.2, 0.25) is 0 Å². The fourth-order valence-corrected chi connectivity index (χ4v) is 1.87. The maximum atomic E-state index is 11.0. The molecule has 98 valence electrons. The Morgan fingerprint density at radius 1 is 1.21 bits per heavy atom. The van der Waals surface area contributed by atoms with E-state index in [0.717, 1.165) is 21.5 Å². The molecule has 0 radical (unpaired) electrons. The van der Waals surface area contributed by atoms with Gasteiger partial charge in [0, 0.05) is 17.1 Å². The summed E-state index contributed by atoms with van der Waals surface area (Å²) in [5.41, 5.74) is 1.87. The molecule has 0 saturated heterocycles. The normalized spacial score (nSPS) is 10.2. The van der Waals surface area contributed by atoms with Crippen molar-refractivity contribution in [2.75, 3.05) is 0 Å². The van der Waals surface area contributed by atoms with E-state index in [9.17, 15) is 4.79 Å². The molecule has 1 aromatic carbocycles. The number of ether oxygens (including phenoxy) is 1. The molecule has 1 aromatic heterocycles. The van der Waals surface area contributed by atoms with Crippen molar-refractivity contribution >= 4 is 21.7 Å². The zero-order valence-corrected chi connectivity index (χ0v) is 12.2. The largest absolute Gasteiger partial charge is 0.487 e. The summed E-state index contributed by atoms with van der Waals surface area (Å²) in [7, 11) is 0. The quantitative estimate of drug-likeness (QED) is 0.846. The number of halogens is 1. The van der Waals surface area contributed by atoms with Crippen molar-refractivity contribution in [2.24, 2.45) is 0 Å². The summed E-state index contributed by atoms with van der Waals surface area (Å²) in [6, 6.07) is 11.4. The molecule has 0 aliphatic rings. The maximum absolute atomic E-state index is 11.0. The lowest BCUT2D eigenvalue weighted by molar-refractivity contribution is -0.116. The lowest BCUT2D eigenvalue weighted by Crippen LogP contribution is -1.99. The van der Waals surface area contributed by atoms with Crippen LogP contribution in [0.4, 0.5) is 0 Å². The van der Waals surface area contributed by atoms with E-state index in [0.29, 0.717) is 13.0 Å². The molecule has 0 aliphatic carbocycles. The van der Waals surface area contributed by atoms with Crippen LogP contribution in [0.15, 0.2) is 47.1 Å². The number of hydrogen-bond acceptors (Lipinski definition) is 3. The van der Waals surface area contributed by atoms with Gasteiger partial charge in [-0.1, -0.05) is 12.1 Å². The molecule has 0 aliphatic heterocycles.